The Morgan fingerprint density at radius 1 is 1.21 bits per heavy atom. The van der Waals surface area contributed by atoms with Gasteiger partial charge in [0.1, 0.15) is 17.3 Å². The third kappa shape index (κ3) is 5.88. The van der Waals surface area contributed by atoms with Crippen LogP contribution in [0.3, 0.4) is 0 Å². The van der Waals surface area contributed by atoms with Crippen molar-refractivity contribution in [3.63, 3.8) is 0 Å². The molecular weight excluding hydrogens is 515 g/mol. The first-order chi connectivity index (χ1) is 18.9. The largest absolute Gasteiger partial charge is 0.508 e. The number of aromatic hydroxyl groups is 1. The van der Waals surface area contributed by atoms with Crippen molar-refractivity contribution in [2.24, 2.45) is 9.98 Å². The van der Waals surface area contributed by atoms with Crippen LogP contribution < -0.4 is 10.6 Å². The number of rotatable bonds is 8. The number of halogens is 2. The summed E-state index contributed by atoms with van der Waals surface area (Å²) in [7, 11) is 5.79. The average molecular weight is 551 g/mol. The van der Waals surface area contributed by atoms with E-state index in [2.05, 4.69) is 30.4 Å². The molecule has 0 aliphatic carbocycles. The van der Waals surface area contributed by atoms with Crippen LogP contribution in [0.4, 0.5) is 10.1 Å². The van der Waals surface area contributed by atoms with Gasteiger partial charge in [-0.05, 0) is 74.4 Å². The van der Waals surface area contributed by atoms with Gasteiger partial charge in [-0.25, -0.2) is 9.38 Å². The van der Waals surface area contributed by atoms with Gasteiger partial charge in [0.05, 0.1) is 11.4 Å². The molecular formula is C30H36ClFN6O. The average Bonchev–Trinajstić information content (AvgIpc) is 3.24. The predicted molar refractivity (Wildman–Crippen MR) is 159 cm³/mol. The summed E-state index contributed by atoms with van der Waals surface area (Å²) in [6, 6.07) is 13.3. The number of phenols is 1. The van der Waals surface area contributed by atoms with Crippen molar-refractivity contribution in [2.45, 2.75) is 31.3 Å². The third-order valence-electron chi connectivity index (χ3n) is 7.49. The number of likely N-dealkylation sites (tertiary alicyclic amines) is 1. The molecule has 3 N–H and O–H groups in total. The maximum Gasteiger partial charge on any atom is 0.158 e. The van der Waals surface area contributed by atoms with Crippen molar-refractivity contribution in [3.05, 3.63) is 58.9 Å². The first kappa shape index (κ1) is 27.4. The molecule has 9 heteroatoms. The second kappa shape index (κ2) is 11.9. The molecule has 3 aromatic carbocycles. The summed E-state index contributed by atoms with van der Waals surface area (Å²) >= 11 is 6.86. The van der Waals surface area contributed by atoms with E-state index in [0.717, 1.165) is 49.7 Å². The zero-order chi connectivity index (χ0) is 27.5. The van der Waals surface area contributed by atoms with Crippen LogP contribution in [0.15, 0.2) is 52.4 Å². The fourth-order valence-electron chi connectivity index (χ4n) is 5.73. The van der Waals surface area contributed by atoms with Crippen molar-refractivity contribution in [1.82, 2.24) is 20.4 Å². The lowest BCUT2D eigenvalue weighted by Crippen LogP contribution is -2.53. The van der Waals surface area contributed by atoms with Crippen LogP contribution in [0.1, 0.15) is 24.8 Å². The number of hydrogen-bond acceptors (Lipinski definition) is 5. The lowest BCUT2D eigenvalue weighted by atomic mass is 9.95. The molecule has 39 heavy (non-hydrogen) atoms. The molecule has 5 rings (SSSR count). The van der Waals surface area contributed by atoms with Crippen LogP contribution in [-0.2, 0) is 0 Å². The van der Waals surface area contributed by atoms with Crippen LogP contribution >= 0.6 is 11.6 Å². The van der Waals surface area contributed by atoms with Gasteiger partial charge in [-0.15, -0.1) is 0 Å². The number of piperazine rings is 1. The molecule has 2 heterocycles. The van der Waals surface area contributed by atoms with Crippen molar-refractivity contribution in [1.29, 1.82) is 0 Å². The Balaban J connectivity index is 1.59. The fourth-order valence-corrected chi connectivity index (χ4v) is 6.02. The molecule has 2 bridgehead atoms. The number of nitrogens with one attached hydrogen (secondary N) is 2. The van der Waals surface area contributed by atoms with Gasteiger partial charge in [0.25, 0.3) is 0 Å². The van der Waals surface area contributed by atoms with Gasteiger partial charge < -0.3 is 25.5 Å². The summed E-state index contributed by atoms with van der Waals surface area (Å²) in [4.78, 5) is 13.6. The molecule has 0 amide bonds. The maximum absolute atomic E-state index is 16.6. The molecule has 2 fully saturated rings. The highest BCUT2D eigenvalue weighted by Crippen LogP contribution is 2.43. The summed E-state index contributed by atoms with van der Waals surface area (Å²) in [5.41, 5.74) is 1.46. The zero-order valence-electron chi connectivity index (χ0n) is 22.7. The maximum atomic E-state index is 16.6. The van der Waals surface area contributed by atoms with E-state index >= 15 is 4.39 Å². The van der Waals surface area contributed by atoms with Gasteiger partial charge in [0.15, 0.2) is 5.82 Å². The van der Waals surface area contributed by atoms with E-state index in [-0.39, 0.29) is 22.0 Å². The van der Waals surface area contributed by atoms with E-state index in [1.54, 1.807) is 31.6 Å². The van der Waals surface area contributed by atoms with E-state index in [1.807, 2.05) is 38.4 Å². The Morgan fingerprint density at radius 3 is 2.67 bits per heavy atom. The molecule has 2 aliphatic rings. The minimum atomic E-state index is -0.543. The lowest BCUT2D eigenvalue weighted by molar-refractivity contribution is 0.289. The van der Waals surface area contributed by atoms with Gasteiger partial charge in [-0.1, -0.05) is 35.9 Å². The highest BCUT2D eigenvalue weighted by atomic mass is 35.5. The summed E-state index contributed by atoms with van der Waals surface area (Å²) in [5, 5.41) is 19.1. The normalized spacial score (nSPS) is 19.5. The number of benzene rings is 3. The monoisotopic (exact) mass is 550 g/mol. The Kier molecular flexibility index (Phi) is 8.35. The number of amidine groups is 1. The van der Waals surface area contributed by atoms with Crippen molar-refractivity contribution in [2.75, 3.05) is 47.3 Å². The molecule has 0 aromatic heterocycles. The molecule has 0 radical (unpaired) electrons. The topological polar surface area (TPSA) is 75.5 Å². The molecule has 2 atom stereocenters. The first-order valence-corrected chi connectivity index (χ1v) is 13.9. The van der Waals surface area contributed by atoms with Crippen LogP contribution in [0, 0.1) is 5.82 Å². The van der Waals surface area contributed by atoms with Crippen LogP contribution in [0.5, 0.6) is 5.75 Å². The molecule has 2 unspecified atom stereocenters. The van der Waals surface area contributed by atoms with Crippen molar-refractivity contribution >= 4 is 40.2 Å². The summed E-state index contributed by atoms with van der Waals surface area (Å²) < 4.78 is 16.6. The van der Waals surface area contributed by atoms with Gasteiger partial charge in [-0.2, -0.15) is 0 Å². The first-order valence-electron chi connectivity index (χ1n) is 13.5. The van der Waals surface area contributed by atoms with E-state index in [0.29, 0.717) is 35.6 Å². The van der Waals surface area contributed by atoms with Crippen LogP contribution in [0.25, 0.3) is 21.9 Å². The van der Waals surface area contributed by atoms with Gasteiger partial charge in [0, 0.05) is 49.9 Å². The van der Waals surface area contributed by atoms with Crippen molar-refractivity contribution in [3.8, 4) is 16.9 Å². The molecule has 206 valence electrons. The summed E-state index contributed by atoms with van der Waals surface area (Å²) in [5.74, 6) is 0.183. The summed E-state index contributed by atoms with van der Waals surface area (Å²) in [6.07, 6.45) is 4.74. The fraction of sp³-hybridized carbons (Fsp3) is 0.400. The number of nitrogens with zero attached hydrogens (tertiary/aromatic N) is 4. The smallest absolute Gasteiger partial charge is 0.158 e. The highest BCUT2D eigenvalue weighted by Gasteiger charge is 2.35. The Hall–Kier alpha value is -3.20. The summed E-state index contributed by atoms with van der Waals surface area (Å²) in [6.45, 7) is 3.25. The standard InChI is InChI=1S/C30H36ClFN6O/c1-33-30(38-16-20-9-10-21(17-38)36-20)25-15-26(31)27(24-14-22(39)13-19-7-4-5-8-23(19)24)28(32)29(25)35-18-34-11-6-12-37(2)3/h4-5,7-8,13-15,18,20-21,36,39H,6,9-12,16-17H2,1-3H3,(H,34,35)/b33-30+. The molecule has 2 aliphatic heterocycles. The SMILES string of the molecule is C/N=C(\c1cc(Cl)c(-c2cc(O)cc3ccccc23)c(F)c1/N=C/NCCCN(C)C)N1CC2CCC(C1)N2. The van der Waals surface area contributed by atoms with Crippen molar-refractivity contribution < 1.29 is 9.50 Å². The van der Waals surface area contributed by atoms with E-state index in [4.69, 9.17) is 11.6 Å². The van der Waals surface area contributed by atoms with Gasteiger partial charge in [-0.3, -0.25) is 4.99 Å². The molecule has 7 nitrogen and oxygen atoms in total. The van der Waals surface area contributed by atoms with Gasteiger partial charge >= 0.3 is 0 Å². The van der Waals surface area contributed by atoms with Crippen LogP contribution in [-0.4, -0.2) is 86.5 Å². The zero-order valence-corrected chi connectivity index (χ0v) is 23.5. The van der Waals surface area contributed by atoms with Gasteiger partial charge in [0.2, 0.25) is 0 Å². The van der Waals surface area contributed by atoms with E-state index in [1.165, 1.54) is 0 Å². The number of hydrogen-bond donors (Lipinski definition) is 3. The highest BCUT2D eigenvalue weighted by molar-refractivity contribution is 6.34. The number of aliphatic imine (C=N–C) groups is 2. The van der Waals surface area contributed by atoms with Crippen LogP contribution in [0.2, 0.25) is 5.02 Å². The minimum Gasteiger partial charge on any atom is -0.508 e. The Bertz CT molecular complexity index is 1400. The predicted octanol–water partition coefficient (Wildman–Crippen LogP) is 5.02. The Labute approximate surface area is 234 Å². The molecule has 2 saturated heterocycles. The number of phenolic OH excluding ortho intramolecular Hbond substituents is 1. The van der Waals surface area contributed by atoms with E-state index < -0.39 is 5.82 Å². The molecule has 0 saturated carbocycles. The minimum absolute atomic E-state index is 0.0444. The quantitative estimate of drug-likeness (QED) is 0.209. The lowest BCUT2D eigenvalue weighted by Gasteiger charge is -2.35. The molecule has 3 aromatic rings. The third-order valence-corrected chi connectivity index (χ3v) is 7.79. The number of fused-ring (bicyclic) bond motifs is 3. The second-order valence-corrected chi connectivity index (χ2v) is 11.0. The molecule has 0 spiro atoms. The second-order valence-electron chi connectivity index (χ2n) is 10.6. The Morgan fingerprint density at radius 2 is 1.95 bits per heavy atom. The van der Waals surface area contributed by atoms with E-state index in [9.17, 15) is 5.11 Å².